The van der Waals surface area contributed by atoms with Crippen LogP contribution in [0.25, 0.3) is 21.8 Å². The fourth-order valence-electron chi connectivity index (χ4n) is 5.15. The molecule has 3 N–H and O–H groups in total. The predicted octanol–water partition coefficient (Wildman–Crippen LogP) is 6.33. The fraction of sp³-hybridized carbons (Fsp3) is 0.406. The van der Waals surface area contributed by atoms with Crippen molar-refractivity contribution in [3.63, 3.8) is 0 Å². The smallest absolute Gasteiger partial charge is 0.350 e. The molecule has 2 aromatic carbocycles. The number of hydrogen-bond donors (Lipinski definition) is 3. The molecular weight excluding hydrogens is 504 g/mol. The van der Waals surface area contributed by atoms with Crippen molar-refractivity contribution in [1.29, 1.82) is 0 Å². The van der Waals surface area contributed by atoms with Crippen LogP contribution in [-0.2, 0) is 17.8 Å². The van der Waals surface area contributed by atoms with Gasteiger partial charge in [0.15, 0.2) is 0 Å². The van der Waals surface area contributed by atoms with Gasteiger partial charge in [0.1, 0.15) is 11.3 Å². The minimum absolute atomic E-state index is 0.0527. The Morgan fingerprint density at radius 2 is 1.73 bits per heavy atom. The predicted molar refractivity (Wildman–Crippen MR) is 162 cm³/mol. The minimum atomic E-state index is -0.727. The van der Waals surface area contributed by atoms with Crippen LogP contribution in [0.5, 0.6) is 0 Å². The summed E-state index contributed by atoms with van der Waals surface area (Å²) in [6.07, 6.45) is 4.08. The normalized spacial score (nSPS) is 11.6. The maximum absolute atomic E-state index is 13.5. The molecule has 0 radical (unpaired) electrons. The van der Waals surface area contributed by atoms with Crippen LogP contribution in [0.1, 0.15) is 69.5 Å². The molecular formula is C32H40N4O4. The number of aromatic nitrogens is 1. The second-order valence-corrected chi connectivity index (χ2v) is 10.8. The van der Waals surface area contributed by atoms with Crippen LogP contribution >= 0.6 is 0 Å². The van der Waals surface area contributed by atoms with Gasteiger partial charge in [-0.3, -0.25) is 9.59 Å². The number of rotatable bonds is 12. The van der Waals surface area contributed by atoms with Crippen LogP contribution in [0.3, 0.4) is 0 Å². The third-order valence-electron chi connectivity index (χ3n) is 7.52. The van der Waals surface area contributed by atoms with Crippen molar-refractivity contribution in [3.8, 4) is 0 Å². The van der Waals surface area contributed by atoms with E-state index < -0.39 is 16.9 Å². The van der Waals surface area contributed by atoms with Gasteiger partial charge in [0.2, 0.25) is 5.91 Å². The van der Waals surface area contributed by atoms with Gasteiger partial charge in [-0.05, 0) is 31.9 Å². The molecule has 2 aromatic heterocycles. The minimum Gasteiger partial charge on any atom is -0.427 e. The van der Waals surface area contributed by atoms with Crippen molar-refractivity contribution in [1.82, 2.24) is 9.88 Å². The molecule has 0 aliphatic carbocycles. The Balaban J connectivity index is 1.52. The van der Waals surface area contributed by atoms with Crippen molar-refractivity contribution in [2.75, 3.05) is 24.2 Å². The number of anilines is 2. The van der Waals surface area contributed by atoms with Gasteiger partial charge < -0.3 is 24.9 Å². The van der Waals surface area contributed by atoms with E-state index in [4.69, 9.17) is 4.42 Å². The van der Waals surface area contributed by atoms with E-state index >= 15 is 0 Å². The topological polar surface area (TPSA) is 105 Å². The van der Waals surface area contributed by atoms with Crippen LogP contribution in [0.4, 0.5) is 11.4 Å². The van der Waals surface area contributed by atoms with Crippen LogP contribution in [0.15, 0.2) is 57.7 Å². The van der Waals surface area contributed by atoms with Gasteiger partial charge in [-0.25, -0.2) is 4.79 Å². The number of unbranched alkanes of at least 4 members (excludes halogenated alkanes) is 2. The van der Waals surface area contributed by atoms with E-state index in [1.807, 2.05) is 38.1 Å². The van der Waals surface area contributed by atoms with Crippen LogP contribution in [0.2, 0.25) is 0 Å². The summed E-state index contributed by atoms with van der Waals surface area (Å²) in [7, 11) is 1.48. The molecule has 0 aliphatic rings. The summed E-state index contributed by atoms with van der Waals surface area (Å²) in [4.78, 5) is 38.6. The first kappa shape index (κ1) is 28.9. The Kier molecular flexibility index (Phi) is 8.97. The van der Waals surface area contributed by atoms with E-state index in [2.05, 4.69) is 52.6 Å². The summed E-state index contributed by atoms with van der Waals surface area (Å²) in [5.74, 6) is -0.0631. The van der Waals surface area contributed by atoms with Crippen LogP contribution < -0.4 is 21.6 Å². The number of carbonyl (C=O) groups excluding carboxylic acids is 2. The Labute approximate surface area is 235 Å². The monoisotopic (exact) mass is 544 g/mol. The van der Waals surface area contributed by atoms with Gasteiger partial charge in [-0.15, -0.1) is 0 Å². The summed E-state index contributed by atoms with van der Waals surface area (Å²) in [5, 5.41) is 11.2. The van der Waals surface area contributed by atoms with Crippen molar-refractivity contribution in [2.24, 2.45) is 5.41 Å². The van der Waals surface area contributed by atoms with E-state index in [9.17, 15) is 14.4 Å². The summed E-state index contributed by atoms with van der Waals surface area (Å²) in [6, 6.07) is 16.0. The third kappa shape index (κ3) is 5.91. The van der Waals surface area contributed by atoms with Gasteiger partial charge in [0, 0.05) is 54.3 Å². The molecule has 40 heavy (non-hydrogen) atoms. The second-order valence-electron chi connectivity index (χ2n) is 10.8. The average Bonchev–Trinajstić information content (AvgIpc) is 3.27. The molecule has 4 rings (SSSR count). The molecule has 0 aliphatic heterocycles. The zero-order valence-electron chi connectivity index (χ0n) is 24.1. The molecule has 0 saturated heterocycles. The zero-order chi connectivity index (χ0) is 28.9. The number of para-hydroxylation sites is 2. The van der Waals surface area contributed by atoms with Gasteiger partial charge in [0.05, 0.1) is 16.9 Å². The number of fused-ring (bicyclic) bond motifs is 3. The highest BCUT2D eigenvalue weighted by molar-refractivity contribution is 6.14. The Morgan fingerprint density at radius 1 is 0.975 bits per heavy atom. The Hall–Kier alpha value is -4.07. The molecule has 212 valence electrons. The highest BCUT2D eigenvalue weighted by atomic mass is 16.4. The van der Waals surface area contributed by atoms with E-state index in [1.165, 1.54) is 7.05 Å². The maximum Gasteiger partial charge on any atom is 0.350 e. The first-order valence-corrected chi connectivity index (χ1v) is 14.2. The van der Waals surface area contributed by atoms with Crippen LogP contribution in [-0.4, -0.2) is 30.0 Å². The Morgan fingerprint density at radius 3 is 2.45 bits per heavy atom. The zero-order valence-corrected chi connectivity index (χ0v) is 24.1. The highest BCUT2D eigenvalue weighted by Gasteiger charge is 2.29. The molecule has 0 atom stereocenters. The lowest BCUT2D eigenvalue weighted by Crippen LogP contribution is -2.33. The van der Waals surface area contributed by atoms with Crippen molar-refractivity contribution < 1.29 is 14.0 Å². The molecule has 0 spiro atoms. The largest absolute Gasteiger partial charge is 0.427 e. The molecule has 4 aromatic rings. The lowest BCUT2D eigenvalue weighted by molar-refractivity contribution is -0.124. The highest BCUT2D eigenvalue weighted by Crippen LogP contribution is 2.34. The maximum atomic E-state index is 13.5. The quantitative estimate of drug-likeness (QED) is 0.181. The van der Waals surface area contributed by atoms with Gasteiger partial charge >= 0.3 is 5.63 Å². The van der Waals surface area contributed by atoms with E-state index in [-0.39, 0.29) is 11.5 Å². The molecule has 2 heterocycles. The van der Waals surface area contributed by atoms with Crippen molar-refractivity contribution >= 4 is 45.0 Å². The van der Waals surface area contributed by atoms with Gasteiger partial charge in [-0.2, -0.15) is 0 Å². The van der Waals surface area contributed by atoms with E-state index in [1.54, 1.807) is 6.07 Å². The van der Waals surface area contributed by atoms with Crippen LogP contribution in [0, 0.1) is 5.41 Å². The average molecular weight is 545 g/mol. The van der Waals surface area contributed by atoms with Crippen molar-refractivity contribution in [2.45, 2.75) is 66.3 Å². The lowest BCUT2D eigenvalue weighted by atomic mass is 9.88. The first-order valence-electron chi connectivity index (χ1n) is 14.2. The summed E-state index contributed by atoms with van der Waals surface area (Å²) in [6.45, 7) is 9.18. The first-order chi connectivity index (χ1) is 19.2. The summed E-state index contributed by atoms with van der Waals surface area (Å²) >= 11 is 0. The second kappa shape index (κ2) is 12.4. The summed E-state index contributed by atoms with van der Waals surface area (Å²) < 4.78 is 7.65. The van der Waals surface area contributed by atoms with E-state index in [0.29, 0.717) is 30.8 Å². The molecule has 8 nitrogen and oxygen atoms in total. The summed E-state index contributed by atoms with van der Waals surface area (Å²) in [5.41, 5.74) is 1.91. The number of nitrogens with one attached hydrogen (secondary N) is 3. The number of aryl methyl sites for hydroxylation is 2. The Bertz CT molecular complexity index is 1580. The SMILES string of the molecule is CCCCCc1cc(NCCC(C)(C)C(=O)Nc2cccc3c4ccccc4n(CC)c23)c(C(=O)NC)c(=O)o1. The number of amides is 2. The third-order valence-corrected chi connectivity index (χ3v) is 7.52. The fourth-order valence-corrected chi connectivity index (χ4v) is 5.15. The molecule has 0 fully saturated rings. The number of carbonyl (C=O) groups is 2. The number of hydrogen-bond acceptors (Lipinski definition) is 5. The standard InChI is InChI=1S/C32H40N4O4/c1-6-8-9-13-21-20-25(27(29(37)33-5)30(38)40-21)34-19-18-32(3,4)31(39)35-24-16-12-15-23-22-14-10-11-17-26(22)36(7-2)28(23)24/h10-12,14-17,20,34H,6-9,13,18-19H2,1-5H3,(H,33,37)(H,35,39). The molecule has 0 bridgehead atoms. The molecule has 8 heteroatoms. The van der Waals surface area contributed by atoms with Gasteiger partial charge in [-0.1, -0.05) is 63.9 Å². The van der Waals surface area contributed by atoms with Gasteiger partial charge in [0.25, 0.3) is 5.91 Å². The molecule has 0 unspecified atom stereocenters. The lowest BCUT2D eigenvalue weighted by Gasteiger charge is -2.25. The molecule has 0 saturated carbocycles. The number of benzene rings is 2. The van der Waals surface area contributed by atoms with Crippen molar-refractivity contribution in [3.05, 3.63) is 70.3 Å². The number of nitrogens with zero attached hydrogens (tertiary/aromatic N) is 1. The molecule has 2 amide bonds. The van der Waals surface area contributed by atoms with E-state index in [0.717, 1.165) is 53.3 Å².